The topological polar surface area (TPSA) is 67.8 Å². The van der Waals surface area contributed by atoms with Crippen LogP contribution in [-0.2, 0) is 6.54 Å². The molecule has 1 aromatic heterocycles. The van der Waals surface area contributed by atoms with Gasteiger partial charge in [0.05, 0.1) is 5.75 Å². The number of nitrogens with zero attached hydrogens (tertiary/aromatic N) is 2. The van der Waals surface area contributed by atoms with Crippen LogP contribution < -0.4 is 5.69 Å². The molecule has 21 heavy (non-hydrogen) atoms. The summed E-state index contributed by atoms with van der Waals surface area (Å²) in [4.78, 5) is 24.8. The lowest BCUT2D eigenvalue weighted by molar-refractivity contribution is 0.102. The molecule has 0 spiro atoms. The fourth-order valence-corrected chi connectivity index (χ4v) is 3.10. The lowest BCUT2D eigenvalue weighted by Crippen LogP contribution is -2.17. The Morgan fingerprint density at radius 2 is 2.05 bits per heavy atom. The summed E-state index contributed by atoms with van der Waals surface area (Å²) in [7, 11) is 0. The van der Waals surface area contributed by atoms with Crippen LogP contribution in [0.1, 0.15) is 23.7 Å². The summed E-state index contributed by atoms with van der Waals surface area (Å²) < 4.78 is 1.56. The van der Waals surface area contributed by atoms with E-state index in [9.17, 15) is 9.59 Å². The molecule has 2 aromatic rings. The Labute approximate surface area is 131 Å². The van der Waals surface area contributed by atoms with Crippen molar-refractivity contribution in [3.05, 3.63) is 40.3 Å². The van der Waals surface area contributed by atoms with Crippen LogP contribution in [-0.4, -0.2) is 32.6 Å². The van der Waals surface area contributed by atoms with Gasteiger partial charge in [-0.05, 0) is 24.8 Å². The van der Waals surface area contributed by atoms with Gasteiger partial charge < -0.3 is 0 Å². The first-order valence-corrected chi connectivity index (χ1v) is 8.82. The van der Waals surface area contributed by atoms with Crippen LogP contribution in [0.3, 0.4) is 0 Å². The predicted molar refractivity (Wildman–Crippen MR) is 86.4 cm³/mol. The largest absolute Gasteiger partial charge is 0.343 e. The average Bonchev–Trinajstić information content (AvgIpc) is 2.86. The third kappa shape index (κ3) is 4.01. The number of ketones is 1. The lowest BCUT2D eigenvalue weighted by Gasteiger charge is -2.04. The van der Waals surface area contributed by atoms with E-state index in [4.69, 9.17) is 0 Å². The molecule has 0 radical (unpaired) electrons. The number of aromatic nitrogens is 3. The predicted octanol–water partition coefficient (Wildman–Crippen LogP) is 2.68. The first-order valence-electron chi connectivity index (χ1n) is 6.61. The van der Waals surface area contributed by atoms with Crippen LogP contribution in [0.4, 0.5) is 0 Å². The van der Waals surface area contributed by atoms with E-state index in [0.29, 0.717) is 17.3 Å². The van der Waals surface area contributed by atoms with Crippen molar-refractivity contribution in [3.63, 3.8) is 0 Å². The quantitative estimate of drug-likeness (QED) is 0.627. The smallest absolute Gasteiger partial charge is 0.293 e. The van der Waals surface area contributed by atoms with Crippen LogP contribution in [0.15, 0.2) is 39.1 Å². The first-order chi connectivity index (χ1) is 10.2. The fraction of sp³-hybridized carbons (Fsp3) is 0.357. The van der Waals surface area contributed by atoms with Crippen LogP contribution in [0.5, 0.6) is 0 Å². The van der Waals surface area contributed by atoms with Crippen LogP contribution in [0, 0.1) is 0 Å². The molecule has 5 nitrogen and oxygen atoms in total. The molecule has 0 aliphatic carbocycles. The van der Waals surface area contributed by atoms with E-state index in [1.807, 2.05) is 37.4 Å². The van der Waals surface area contributed by atoms with Gasteiger partial charge in [0.15, 0.2) is 10.9 Å². The van der Waals surface area contributed by atoms with Gasteiger partial charge in [-0.2, -0.15) is 0 Å². The second-order valence-electron chi connectivity index (χ2n) is 4.40. The zero-order valence-electron chi connectivity index (χ0n) is 12.0. The van der Waals surface area contributed by atoms with Crippen molar-refractivity contribution in [1.29, 1.82) is 0 Å². The molecule has 0 bridgehead atoms. The number of hydrogen-bond donors (Lipinski definition) is 1. The Hall–Kier alpha value is -1.47. The monoisotopic (exact) mass is 323 g/mol. The summed E-state index contributed by atoms with van der Waals surface area (Å²) in [5.74, 6) is 0.304. The summed E-state index contributed by atoms with van der Waals surface area (Å²) in [6.45, 7) is 2.60. The number of thioether (sulfide) groups is 2. The highest BCUT2D eigenvalue weighted by Gasteiger charge is 2.12. The summed E-state index contributed by atoms with van der Waals surface area (Å²) in [5, 5.41) is 6.95. The number of hydrogen-bond acceptors (Lipinski definition) is 5. The number of aromatic amines is 1. The first kappa shape index (κ1) is 15.9. The van der Waals surface area contributed by atoms with Crippen molar-refractivity contribution < 1.29 is 4.79 Å². The minimum Gasteiger partial charge on any atom is -0.293 e. The SMILES string of the molecule is CCCn1c(SCC(=O)c2ccc(SC)cc2)n[nH]c1=O. The summed E-state index contributed by atoms with van der Waals surface area (Å²) in [6.07, 6.45) is 2.84. The Morgan fingerprint density at radius 3 is 2.67 bits per heavy atom. The van der Waals surface area contributed by atoms with Crippen molar-refractivity contribution in [1.82, 2.24) is 14.8 Å². The molecule has 0 aliphatic heterocycles. The maximum Gasteiger partial charge on any atom is 0.343 e. The maximum atomic E-state index is 12.1. The molecule has 0 fully saturated rings. The van der Waals surface area contributed by atoms with Gasteiger partial charge in [-0.1, -0.05) is 30.8 Å². The summed E-state index contributed by atoms with van der Waals surface area (Å²) >= 11 is 2.93. The van der Waals surface area contributed by atoms with Gasteiger partial charge in [0.2, 0.25) is 0 Å². The Kier molecular flexibility index (Phi) is 5.69. The average molecular weight is 323 g/mol. The molecule has 112 valence electrons. The van der Waals surface area contributed by atoms with Gasteiger partial charge in [-0.15, -0.1) is 16.9 Å². The van der Waals surface area contributed by atoms with E-state index in [1.54, 1.807) is 16.3 Å². The molecular formula is C14H17N3O2S2. The number of rotatable bonds is 7. The van der Waals surface area contributed by atoms with Crippen molar-refractivity contribution in [3.8, 4) is 0 Å². The van der Waals surface area contributed by atoms with Gasteiger partial charge in [-0.3, -0.25) is 9.36 Å². The van der Waals surface area contributed by atoms with Crippen molar-refractivity contribution >= 4 is 29.3 Å². The zero-order chi connectivity index (χ0) is 15.2. The number of H-pyrrole nitrogens is 1. The van der Waals surface area contributed by atoms with E-state index in [0.717, 1.165) is 11.3 Å². The molecular weight excluding hydrogens is 306 g/mol. The molecule has 1 N–H and O–H groups in total. The van der Waals surface area contributed by atoms with Crippen LogP contribution >= 0.6 is 23.5 Å². The molecule has 2 rings (SSSR count). The van der Waals surface area contributed by atoms with Crippen molar-refractivity contribution in [2.45, 2.75) is 29.9 Å². The molecule has 0 amide bonds. The van der Waals surface area contributed by atoms with Gasteiger partial charge in [0.1, 0.15) is 0 Å². The van der Waals surface area contributed by atoms with E-state index < -0.39 is 0 Å². The number of carbonyl (C=O) groups excluding carboxylic acids is 1. The Morgan fingerprint density at radius 1 is 1.33 bits per heavy atom. The second-order valence-corrected chi connectivity index (χ2v) is 6.23. The van der Waals surface area contributed by atoms with E-state index in [-0.39, 0.29) is 17.2 Å². The van der Waals surface area contributed by atoms with Crippen molar-refractivity contribution in [2.75, 3.05) is 12.0 Å². The third-order valence-corrected chi connectivity index (χ3v) is 4.63. The van der Waals surface area contributed by atoms with Crippen molar-refractivity contribution in [2.24, 2.45) is 0 Å². The number of nitrogens with one attached hydrogen (secondary N) is 1. The zero-order valence-corrected chi connectivity index (χ0v) is 13.6. The summed E-state index contributed by atoms with van der Waals surface area (Å²) in [5.41, 5.74) is 0.455. The van der Waals surface area contributed by atoms with E-state index >= 15 is 0 Å². The Bertz CT molecular complexity index is 662. The molecule has 0 saturated heterocycles. The molecule has 0 unspecified atom stereocenters. The maximum absolute atomic E-state index is 12.1. The van der Waals surface area contributed by atoms with Gasteiger partial charge in [0, 0.05) is 17.0 Å². The lowest BCUT2D eigenvalue weighted by atomic mass is 10.1. The van der Waals surface area contributed by atoms with Gasteiger partial charge in [-0.25, -0.2) is 9.89 Å². The van der Waals surface area contributed by atoms with E-state index in [2.05, 4.69) is 10.2 Å². The third-order valence-electron chi connectivity index (χ3n) is 2.91. The highest BCUT2D eigenvalue weighted by atomic mass is 32.2. The number of benzene rings is 1. The normalized spacial score (nSPS) is 10.8. The second kappa shape index (κ2) is 7.51. The standard InChI is InChI=1S/C14H17N3O2S2/c1-3-8-17-13(19)15-16-14(17)21-9-12(18)10-4-6-11(20-2)7-5-10/h4-7H,3,8-9H2,1-2H3,(H,15,19). The summed E-state index contributed by atoms with van der Waals surface area (Å²) in [6, 6.07) is 7.53. The molecule has 0 saturated carbocycles. The highest BCUT2D eigenvalue weighted by Crippen LogP contribution is 2.18. The molecule has 1 aromatic carbocycles. The van der Waals surface area contributed by atoms with Crippen LogP contribution in [0.2, 0.25) is 0 Å². The minimum atomic E-state index is -0.226. The van der Waals surface area contributed by atoms with Gasteiger partial charge in [0.25, 0.3) is 0 Å². The molecule has 0 atom stereocenters. The fourth-order valence-electron chi connectivity index (χ4n) is 1.82. The minimum absolute atomic E-state index is 0.0335. The number of carbonyl (C=O) groups is 1. The van der Waals surface area contributed by atoms with Crippen LogP contribution in [0.25, 0.3) is 0 Å². The highest BCUT2D eigenvalue weighted by molar-refractivity contribution is 7.99. The molecule has 0 aliphatic rings. The van der Waals surface area contributed by atoms with E-state index in [1.165, 1.54) is 11.8 Å². The molecule has 1 heterocycles. The molecule has 7 heteroatoms. The van der Waals surface area contributed by atoms with Gasteiger partial charge >= 0.3 is 5.69 Å². The number of Topliss-reactive ketones (excluding diaryl/α,β-unsaturated/α-hetero) is 1. The Balaban J connectivity index is 2.02.